The lowest BCUT2D eigenvalue weighted by atomic mass is 9.96. The van der Waals surface area contributed by atoms with Gasteiger partial charge in [-0.05, 0) is 74.1 Å². The third-order valence-electron chi connectivity index (χ3n) is 5.34. The van der Waals surface area contributed by atoms with Gasteiger partial charge in [0.15, 0.2) is 5.11 Å². The third-order valence-corrected chi connectivity index (χ3v) is 5.65. The number of aromatic nitrogens is 2. The Morgan fingerprint density at radius 1 is 1.11 bits per heavy atom. The molecular weight excluding hydrogens is 359 g/mol. The molecular formula is C21H21FN4S. The monoisotopic (exact) mass is 380 g/mol. The largest absolute Gasteiger partial charge is 0.352 e. The smallest absolute Gasteiger partial charge is 0.174 e. The molecule has 27 heavy (non-hydrogen) atoms. The van der Waals surface area contributed by atoms with Crippen LogP contribution in [-0.4, -0.2) is 14.7 Å². The Kier molecular flexibility index (Phi) is 4.44. The summed E-state index contributed by atoms with van der Waals surface area (Å²) in [6, 6.07) is 14.4. The van der Waals surface area contributed by atoms with E-state index in [9.17, 15) is 4.39 Å². The Morgan fingerprint density at radius 3 is 2.44 bits per heavy atom. The molecule has 0 aliphatic carbocycles. The molecule has 2 aromatic heterocycles. The Labute approximate surface area is 163 Å². The van der Waals surface area contributed by atoms with E-state index >= 15 is 0 Å². The van der Waals surface area contributed by atoms with E-state index in [-0.39, 0.29) is 17.9 Å². The summed E-state index contributed by atoms with van der Waals surface area (Å²) in [6.45, 7) is 4.21. The van der Waals surface area contributed by atoms with Crippen molar-refractivity contribution in [3.8, 4) is 0 Å². The minimum absolute atomic E-state index is 0.0715. The van der Waals surface area contributed by atoms with Crippen molar-refractivity contribution in [2.75, 3.05) is 4.90 Å². The van der Waals surface area contributed by atoms with Crippen molar-refractivity contribution < 1.29 is 4.39 Å². The number of halogens is 1. The van der Waals surface area contributed by atoms with Gasteiger partial charge in [0.25, 0.3) is 0 Å². The normalized spacial score (nSPS) is 19.4. The summed E-state index contributed by atoms with van der Waals surface area (Å²) in [4.78, 5) is 6.62. The first-order valence-electron chi connectivity index (χ1n) is 8.86. The second-order valence-electron chi connectivity index (χ2n) is 6.86. The molecule has 1 aromatic carbocycles. The molecule has 0 unspecified atom stereocenters. The van der Waals surface area contributed by atoms with Crippen molar-refractivity contribution in [1.82, 2.24) is 14.9 Å². The third kappa shape index (κ3) is 3.00. The van der Waals surface area contributed by atoms with Crippen molar-refractivity contribution in [3.05, 3.63) is 83.2 Å². The molecule has 4 rings (SSSR count). The average molecular weight is 380 g/mol. The van der Waals surface area contributed by atoms with Gasteiger partial charge in [0.2, 0.25) is 0 Å². The van der Waals surface area contributed by atoms with Crippen LogP contribution >= 0.6 is 12.2 Å². The highest BCUT2D eigenvalue weighted by Crippen LogP contribution is 2.43. The van der Waals surface area contributed by atoms with Crippen LogP contribution in [0.1, 0.15) is 34.7 Å². The van der Waals surface area contributed by atoms with Gasteiger partial charge in [-0.25, -0.2) is 4.39 Å². The van der Waals surface area contributed by atoms with Crippen molar-refractivity contribution in [3.63, 3.8) is 0 Å². The summed E-state index contributed by atoms with van der Waals surface area (Å²) in [5.41, 5.74) is 5.33. The molecule has 1 aliphatic rings. The van der Waals surface area contributed by atoms with Crippen LogP contribution in [0.25, 0.3) is 0 Å². The predicted octanol–water partition coefficient (Wildman–Crippen LogP) is 4.35. The molecule has 0 radical (unpaired) electrons. The molecule has 6 heteroatoms. The van der Waals surface area contributed by atoms with Crippen molar-refractivity contribution >= 4 is 23.0 Å². The second-order valence-corrected chi connectivity index (χ2v) is 7.25. The zero-order valence-corrected chi connectivity index (χ0v) is 16.3. The van der Waals surface area contributed by atoms with Gasteiger partial charge in [-0.3, -0.25) is 4.98 Å². The average Bonchev–Trinajstić information content (AvgIpc) is 3.14. The Bertz CT molecular complexity index is 981. The first-order valence-corrected chi connectivity index (χ1v) is 9.27. The fourth-order valence-electron chi connectivity index (χ4n) is 3.73. The molecule has 0 spiro atoms. The lowest BCUT2D eigenvalue weighted by Gasteiger charge is -2.28. The van der Waals surface area contributed by atoms with E-state index < -0.39 is 0 Å². The molecule has 138 valence electrons. The minimum Gasteiger partial charge on any atom is -0.352 e. The molecule has 0 saturated carbocycles. The van der Waals surface area contributed by atoms with Crippen molar-refractivity contribution in [2.24, 2.45) is 7.05 Å². The highest BCUT2D eigenvalue weighted by molar-refractivity contribution is 7.80. The van der Waals surface area contributed by atoms with E-state index in [4.69, 9.17) is 12.2 Å². The van der Waals surface area contributed by atoms with E-state index in [1.165, 1.54) is 29.1 Å². The van der Waals surface area contributed by atoms with E-state index in [0.29, 0.717) is 5.11 Å². The highest BCUT2D eigenvalue weighted by atomic mass is 32.1. The maximum Gasteiger partial charge on any atom is 0.174 e. The number of nitrogens with one attached hydrogen (secondary N) is 1. The van der Waals surface area contributed by atoms with Crippen LogP contribution in [-0.2, 0) is 7.05 Å². The van der Waals surface area contributed by atoms with Gasteiger partial charge in [-0.15, -0.1) is 0 Å². The fraction of sp³-hybridized carbons (Fsp3) is 0.238. The number of rotatable bonds is 3. The molecule has 3 heterocycles. The number of benzene rings is 1. The zero-order chi connectivity index (χ0) is 19.1. The number of nitrogens with zero attached hydrogens (tertiary/aromatic N) is 3. The SMILES string of the molecule is Cc1cc([C@@H]2[C@@H](c3ccccn3)NC(=S)N2c2ccc(F)cc2)c(C)n1C. The predicted molar refractivity (Wildman–Crippen MR) is 109 cm³/mol. The molecule has 1 saturated heterocycles. The van der Waals surface area contributed by atoms with Gasteiger partial charge in [0, 0.05) is 30.3 Å². The number of pyridine rings is 1. The lowest BCUT2D eigenvalue weighted by molar-refractivity contribution is 0.564. The summed E-state index contributed by atoms with van der Waals surface area (Å²) >= 11 is 5.68. The number of thiocarbonyl (C=S) groups is 1. The van der Waals surface area contributed by atoms with Gasteiger partial charge < -0.3 is 14.8 Å². The highest BCUT2D eigenvalue weighted by Gasteiger charge is 2.42. The van der Waals surface area contributed by atoms with Crippen molar-refractivity contribution in [2.45, 2.75) is 25.9 Å². The summed E-state index contributed by atoms with van der Waals surface area (Å²) in [5.74, 6) is -0.263. The number of anilines is 1. The Morgan fingerprint density at radius 2 is 1.85 bits per heavy atom. The summed E-state index contributed by atoms with van der Waals surface area (Å²) in [5, 5.41) is 4.04. The Balaban J connectivity index is 1.87. The standard InChI is InChI=1S/C21H21FN4S/c1-13-12-17(14(2)25(13)3)20-19(18-6-4-5-11-23-18)24-21(27)26(20)16-9-7-15(22)8-10-16/h4-12,19-20H,1-3H3,(H,24,27)/t19-,20-/m1/s1. The van der Waals surface area contributed by atoms with Crippen LogP contribution in [0.2, 0.25) is 0 Å². The molecule has 1 N–H and O–H groups in total. The van der Waals surface area contributed by atoms with E-state index in [1.807, 2.05) is 18.2 Å². The lowest BCUT2D eigenvalue weighted by Crippen LogP contribution is -2.29. The first kappa shape index (κ1) is 17.7. The molecule has 0 amide bonds. The molecule has 1 fully saturated rings. The molecule has 0 bridgehead atoms. The van der Waals surface area contributed by atoms with Crippen LogP contribution < -0.4 is 10.2 Å². The number of hydrogen-bond acceptors (Lipinski definition) is 2. The van der Waals surface area contributed by atoms with Crippen LogP contribution in [0.3, 0.4) is 0 Å². The summed E-state index contributed by atoms with van der Waals surface area (Å²) in [7, 11) is 2.06. The molecule has 4 nitrogen and oxygen atoms in total. The van der Waals surface area contributed by atoms with Crippen LogP contribution in [0, 0.1) is 19.7 Å². The first-order chi connectivity index (χ1) is 13.0. The van der Waals surface area contributed by atoms with Crippen LogP contribution in [0.15, 0.2) is 54.7 Å². The quantitative estimate of drug-likeness (QED) is 0.685. The zero-order valence-electron chi connectivity index (χ0n) is 15.5. The summed E-state index contributed by atoms with van der Waals surface area (Å²) in [6.07, 6.45) is 1.79. The molecule has 1 aliphatic heterocycles. The van der Waals surface area contributed by atoms with Gasteiger partial charge in [0.1, 0.15) is 5.82 Å². The van der Waals surface area contributed by atoms with Crippen LogP contribution in [0.5, 0.6) is 0 Å². The van der Waals surface area contributed by atoms with Gasteiger partial charge >= 0.3 is 0 Å². The Hall–Kier alpha value is -2.73. The summed E-state index contributed by atoms with van der Waals surface area (Å²) < 4.78 is 15.6. The maximum atomic E-state index is 13.5. The topological polar surface area (TPSA) is 33.1 Å². The van der Waals surface area contributed by atoms with E-state index in [2.05, 4.69) is 46.7 Å². The maximum absolute atomic E-state index is 13.5. The second kappa shape index (κ2) is 6.78. The van der Waals surface area contributed by atoms with Crippen LogP contribution in [0.4, 0.5) is 10.1 Å². The molecule has 3 aromatic rings. The van der Waals surface area contributed by atoms with Gasteiger partial charge in [0.05, 0.1) is 17.8 Å². The van der Waals surface area contributed by atoms with Gasteiger partial charge in [-0.2, -0.15) is 0 Å². The van der Waals surface area contributed by atoms with E-state index in [0.717, 1.165) is 11.4 Å². The van der Waals surface area contributed by atoms with E-state index in [1.54, 1.807) is 18.3 Å². The minimum atomic E-state index is -0.263. The number of aryl methyl sites for hydroxylation is 1. The number of hydrogen-bond donors (Lipinski definition) is 1. The fourth-order valence-corrected chi connectivity index (χ4v) is 4.08. The van der Waals surface area contributed by atoms with Crippen molar-refractivity contribution in [1.29, 1.82) is 0 Å². The van der Waals surface area contributed by atoms with Gasteiger partial charge in [-0.1, -0.05) is 6.07 Å². The molecule has 2 atom stereocenters.